The molecule has 0 saturated heterocycles. The second kappa shape index (κ2) is 6.75. The number of hydrogen-bond donors (Lipinski definition) is 2. The quantitative estimate of drug-likeness (QED) is 0.848. The van der Waals surface area contributed by atoms with Crippen molar-refractivity contribution in [2.24, 2.45) is 0 Å². The van der Waals surface area contributed by atoms with Gasteiger partial charge in [-0.3, -0.25) is 9.59 Å². The minimum Gasteiger partial charge on any atom is -0.390 e. The van der Waals surface area contributed by atoms with Crippen LogP contribution in [-0.4, -0.2) is 32.4 Å². The summed E-state index contributed by atoms with van der Waals surface area (Å²) >= 11 is 0. The third-order valence-electron chi connectivity index (χ3n) is 4.68. The summed E-state index contributed by atoms with van der Waals surface area (Å²) in [6.45, 7) is 3.26. The number of nitrogens with one attached hydrogen (secondary N) is 1. The summed E-state index contributed by atoms with van der Waals surface area (Å²) in [5.74, 6) is -0.370. The first-order valence-corrected chi connectivity index (χ1v) is 8.53. The number of alkyl halides is 2. The Hall–Kier alpha value is -2.35. The Labute approximate surface area is 148 Å². The SMILES string of the molecule is CCc1nn(CC(=O)NC2CC(C)(O)C2)c(=O)c2ccc(C(F)F)cc12. The van der Waals surface area contributed by atoms with Crippen LogP contribution in [0.1, 0.15) is 44.4 Å². The summed E-state index contributed by atoms with van der Waals surface area (Å²) in [5.41, 5.74) is -0.926. The maximum atomic E-state index is 12.9. The van der Waals surface area contributed by atoms with E-state index in [1.165, 1.54) is 18.2 Å². The van der Waals surface area contributed by atoms with Crippen molar-refractivity contribution in [2.45, 2.75) is 57.7 Å². The molecule has 1 aliphatic carbocycles. The van der Waals surface area contributed by atoms with Gasteiger partial charge in [0, 0.05) is 17.0 Å². The Kier molecular flexibility index (Phi) is 4.79. The fourth-order valence-corrected chi connectivity index (χ4v) is 3.39. The van der Waals surface area contributed by atoms with Crippen molar-refractivity contribution in [3.05, 3.63) is 39.8 Å². The Bertz CT molecular complexity index is 900. The van der Waals surface area contributed by atoms with Gasteiger partial charge in [0.25, 0.3) is 12.0 Å². The van der Waals surface area contributed by atoms with Crippen LogP contribution in [0.4, 0.5) is 8.78 Å². The van der Waals surface area contributed by atoms with Gasteiger partial charge in [-0.15, -0.1) is 0 Å². The number of aliphatic hydroxyl groups is 1. The number of fused-ring (bicyclic) bond motifs is 1. The van der Waals surface area contributed by atoms with Crippen LogP contribution in [0, 0.1) is 0 Å². The molecule has 140 valence electrons. The summed E-state index contributed by atoms with van der Waals surface area (Å²) in [6, 6.07) is 3.74. The van der Waals surface area contributed by atoms with Gasteiger partial charge in [-0.25, -0.2) is 13.5 Å². The van der Waals surface area contributed by atoms with E-state index in [0.29, 0.717) is 30.3 Å². The normalized spacial score (nSPS) is 22.5. The zero-order valence-corrected chi connectivity index (χ0v) is 14.6. The second-order valence-electron chi connectivity index (χ2n) is 7.04. The maximum absolute atomic E-state index is 12.9. The first kappa shape index (κ1) is 18.4. The van der Waals surface area contributed by atoms with Gasteiger partial charge in [0.1, 0.15) is 6.54 Å². The van der Waals surface area contributed by atoms with Crippen molar-refractivity contribution in [3.63, 3.8) is 0 Å². The van der Waals surface area contributed by atoms with Crippen LogP contribution in [0.15, 0.2) is 23.0 Å². The van der Waals surface area contributed by atoms with Crippen LogP contribution in [-0.2, 0) is 17.8 Å². The third-order valence-corrected chi connectivity index (χ3v) is 4.68. The van der Waals surface area contributed by atoms with E-state index in [-0.39, 0.29) is 29.4 Å². The van der Waals surface area contributed by atoms with Gasteiger partial charge >= 0.3 is 0 Å². The van der Waals surface area contributed by atoms with Crippen molar-refractivity contribution in [3.8, 4) is 0 Å². The minimum atomic E-state index is -2.63. The minimum absolute atomic E-state index is 0.118. The van der Waals surface area contributed by atoms with Gasteiger partial charge < -0.3 is 10.4 Å². The summed E-state index contributed by atoms with van der Waals surface area (Å²) in [4.78, 5) is 24.7. The molecule has 1 aromatic carbocycles. The highest BCUT2D eigenvalue weighted by molar-refractivity contribution is 5.85. The van der Waals surface area contributed by atoms with Crippen LogP contribution >= 0.6 is 0 Å². The van der Waals surface area contributed by atoms with Gasteiger partial charge in [-0.1, -0.05) is 13.0 Å². The molecule has 8 heteroatoms. The molecular formula is C18H21F2N3O3. The summed E-state index contributed by atoms with van der Waals surface area (Å²) in [5, 5.41) is 17.3. The molecule has 1 amide bonds. The average molecular weight is 365 g/mol. The number of benzene rings is 1. The molecule has 0 bridgehead atoms. The molecule has 2 N–H and O–H groups in total. The number of amides is 1. The number of nitrogens with zero attached hydrogens (tertiary/aromatic N) is 2. The number of carbonyl (C=O) groups excluding carboxylic acids is 1. The number of carbonyl (C=O) groups is 1. The summed E-state index contributed by atoms with van der Waals surface area (Å²) < 4.78 is 26.9. The first-order chi connectivity index (χ1) is 12.2. The molecule has 0 aliphatic heterocycles. The zero-order chi connectivity index (χ0) is 19.1. The summed E-state index contributed by atoms with van der Waals surface area (Å²) in [6.07, 6.45) is -1.25. The molecule has 0 unspecified atom stereocenters. The van der Waals surface area contributed by atoms with Crippen molar-refractivity contribution >= 4 is 16.7 Å². The molecule has 3 rings (SSSR count). The van der Waals surface area contributed by atoms with Crippen molar-refractivity contribution in [2.75, 3.05) is 0 Å². The van der Waals surface area contributed by atoms with Crippen molar-refractivity contribution in [1.29, 1.82) is 0 Å². The molecular weight excluding hydrogens is 344 g/mol. The smallest absolute Gasteiger partial charge is 0.275 e. The van der Waals surface area contributed by atoms with E-state index in [9.17, 15) is 23.5 Å². The first-order valence-electron chi connectivity index (χ1n) is 8.53. The summed E-state index contributed by atoms with van der Waals surface area (Å²) in [7, 11) is 0. The topological polar surface area (TPSA) is 84.2 Å². The highest BCUT2D eigenvalue weighted by Crippen LogP contribution is 2.31. The number of halogens is 2. The third kappa shape index (κ3) is 3.60. The Morgan fingerprint density at radius 2 is 2.12 bits per heavy atom. The van der Waals surface area contributed by atoms with E-state index in [1.807, 2.05) is 6.92 Å². The fourth-order valence-electron chi connectivity index (χ4n) is 3.39. The van der Waals surface area contributed by atoms with Gasteiger partial charge in [0.05, 0.1) is 16.7 Å². The molecule has 2 aromatic rings. The molecule has 0 spiro atoms. The number of aromatic nitrogens is 2. The van der Waals surface area contributed by atoms with E-state index in [2.05, 4.69) is 10.4 Å². The van der Waals surface area contributed by atoms with Crippen LogP contribution in [0.2, 0.25) is 0 Å². The largest absolute Gasteiger partial charge is 0.390 e. The predicted octanol–water partition coefficient (Wildman–Crippen LogP) is 1.93. The zero-order valence-electron chi connectivity index (χ0n) is 14.6. The van der Waals surface area contributed by atoms with E-state index >= 15 is 0 Å². The second-order valence-corrected chi connectivity index (χ2v) is 7.04. The molecule has 1 fully saturated rings. The fraction of sp³-hybridized carbons (Fsp3) is 0.500. The van der Waals surface area contributed by atoms with Gasteiger partial charge in [-0.05, 0) is 38.3 Å². The molecule has 1 aromatic heterocycles. The molecule has 1 aliphatic rings. The Morgan fingerprint density at radius 1 is 1.42 bits per heavy atom. The molecule has 1 heterocycles. The van der Waals surface area contributed by atoms with Gasteiger partial charge in [0.2, 0.25) is 5.91 Å². The van der Waals surface area contributed by atoms with E-state index < -0.39 is 17.6 Å². The van der Waals surface area contributed by atoms with Crippen LogP contribution in [0.5, 0.6) is 0 Å². The lowest BCUT2D eigenvalue weighted by Crippen LogP contribution is -2.54. The highest BCUT2D eigenvalue weighted by atomic mass is 19.3. The highest BCUT2D eigenvalue weighted by Gasteiger charge is 2.39. The van der Waals surface area contributed by atoms with Crippen LogP contribution in [0.25, 0.3) is 10.8 Å². The number of aryl methyl sites for hydroxylation is 1. The van der Waals surface area contributed by atoms with Crippen LogP contribution in [0.3, 0.4) is 0 Å². The van der Waals surface area contributed by atoms with Gasteiger partial charge in [-0.2, -0.15) is 5.10 Å². The lowest BCUT2D eigenvalue weighted by molar-refractivity contribution is -0.125. The molecule has 26 heavy (non-hydrogen) atoms. The van der Waals surface area contributed by atoms with Crippen LogP contribution < -0.4 is 10.9 Å². The molecule has 0 radical (unpaired) electrons. The predicted molar refractivity (Wildman–Crippen MR) is 92.1 cm³/mol. The molecule has 0 atom stereocenters. The van der Waals surface area contributed by atoms with E-state index in [1.54, 1.807) is 6.92 Å². The average Bonchev–Trinajstić information content (AvgIpc) is 2.55. The van der Waals surface area contributed by atoms with Crippen molar-refractivity contribution in [1.82, 2.24) is 15.1 Å². The lowest BCUT2D eigenvalue weighted by Gasteiger charge is -2.41. The van der Waals surface area contributed by atoms with Crippen molar-refractivity contribution < 1.29 is 18.7 Å². The Balaban J connectivity index is 1.87. The number of rotatable bonds is 5. The standard InChI is InChI=1S/C18H21F2N3O3/c1-3-14-13-6-10(16(19)20)4-5-12(13)17(25)23(22-14)9-15(24)21-11-7-18(2,26)8-11/h4-6,11,16,26H,3,7-9H2,1-2H3,(H,21,24). The monoisotopic (exact) mass is 365 g/mol. The molecule has 6 nitrogen and oxygen atoms in total. The van der Waals surface area contributed by atoms with Gasteiger partial charge in [0.15, 0.2) is 0 Å². The molecule has 1 saturated carbocycles. The van der Waals surface area contributed by atoms with E-state index in [4.69, 9.17) is 0 Å². The Morgan fingerprint density at radius 3 is 2.69 bits per heavy atom. The lowest BCUT2D eigenvalue weighted by atomic mass is 9.77. The number of hydrogen-bond acceptors (Lipinski definition) is 4. The maximum Gasteiger partial charge on any atom is 0.275 e. The van der Waals surface area contributed by atoms with E-state index in [0.717, 1.165) is 4.68 Å².